The third-order valence-electron chi connectivity index (χ3n) is 2.07. The molecule has 1 rings (SSSR count). The fraction of sp³-hybridized carbons (Fsp3) is 0.400. The zero-order valence-corrected chi connectivity index (χ0v) is 11.4. The van der Waals surface area contributed by atoms with Crippen LogP contribution in [0.4, 0.5) is 4.39 Å². The highest BCUT2D eigenvalue weighted by Crippen LogP contribution is 2.35. The van der Waals surface area contributed by atoms with Crippen molar-refractivity contribution in [1.82, 2.24) is 0 Å². The van der Waals surface area contributed by atoms with Crippen molar-refractivity contribution in [3.63, 3.8) is 0 Å². The number of methoxy groups -OCH3 is 2. The molecule has 0 aliphatic rings. The molecule has 0 bridgehead atoms. The molecule has 1 aromatic carbocycles. The molecular formula is C10H14BrClFNO2. The zero-order chi connectivity index (χ0) is 11.4. The summed E-state index contributed by atoms with van der Waals surface area (Å²) in [6.07, 6.45) is 0. The van der Waals surface area contributed by atoms with Crippen LogP contribution in [-0.2, 0) is 0 Å². The molecule has 2 N–H and O–H groups in total. The Morgan fingerprint density at radius 2 is 1.81 bits per heavy atom. The van der Waals surface area contributed by atoms with Crippen molar-refractivity contribution in [2.75, 3.05) is 20.9 Å². The summed E-state index contributed by atoms with van der Waals surface area (Å²) in [7, 11) is 3.07. The maximum atomic E-state index is 12.5. The average molecular weight is 315 g/mol. The number of ether oxygens (including phenoxy) is 2. The number of halogens is 3. The third kappa shape index (κ3) is 3.23. The van der Waals surface area contributed by atoms with Crippen LogP contribution >= 0.6 is 28.3 Å². The van der Waals surface area contributed by atoms with Crippen molar-refractivity contribution in [2.24, 2.45) is 5.73 Å². The van der Waals surface area contributed by atoms with Gasteiger partial charge in [-0.05, 0) is 17.7 Å². The summed E-state index contributed by atoms with van der Waals surface area (Å²) in [4.78, 5) is 0. The van der Waals surface area contributed by atoms with E-state index in [1.165, 1.54) is 7.11 Å². The number of nitrogens with two attached hydrogens (primary N) is 1. The lowest BCUT2D eigenvalue weighted by Gasteiger charge is -2.14. The smallest absolute Gasteiger partial charge is 0.161 e. The van der Waals surface area contributed by atoms with E-state index in [0.29, 0.717) is 21.5 Å². The normalized spacial score (nSPS) is 11.6. The van der Waals surface area contributed by atoms with Gasteiger partial charge in [0.1, 0.15) is 6.67 Å². The highest BCUT2D eigenvalue weighted by atomic mass is 79.9. The summed E-state index contributed by atoms with van der Waals surface area (Å²) in [5.74, 6) is 1.12. The summed E-state index contributed by atoms with van der Waals surface area (Å²) < 4.78 is 23.4. The number of alkyl halides is 1. The molecule has 16 heavy (non-hydrogen) atoms. The van der Waals surface area contributed by atoms with E-state index >= 15 is 0 Å². The van der Waals surface area contributed by atoms with Gasteiger partial charge in [-0.1, -0.05) is 15.9 Å². The van der Waals surface area contributed by atoms with Crippen LogP contribution in [0.3, 0.4) is 0 Å². The van der Waals surface area contributed by atoms with Gasteiger partial charge < -0.3 is 15.2 Å². The molecule has 1 atom stereocenters. The molecule has 6 heteroatoms. The molecule has 0 unspecified atom stereocenters. The standard InChI is InChI=1S/C10H13BrFNO2.ClH/c1-14-9-3-6(8(13)5-12)7(11)4-10(9)15-2;/h3-4,8H,5,13H2,1-2H3;1H/t8-;/m1./s1. The Bertz CT molecular complexity index is 352. The van der Waals surface area contributed by atoms with Gasteiger partial charge in [-0.2, -0.15) is 0 Å². The predicted octanol–water partition coefficient (Wildman–Crippen LogP) is 2.86. The first kappa shape index (κ1) is 15.5. The van der Waals surface area contributed by atoms with Crippen LogP contribution in [0.15, 0.2) is 16.6 Å². The highest BCUT2D eigenvalue weighted by Gasteiger charge is 2.14. The summed E-state index contributed by atoms with van der Waals surface area (Å²) in [6, 6.07) is 2.73. The van der Waals surface area contributed by atoms with E-state index in [9.17, 15) is 4.39 Å². The minimum atomic E-state index is -0.654. The van der Waals surface area contributed by atoms with Gasteiger partial charge in [-0.15, -0.1) is 12.4 Å². The lowest BCUT2D eigenvalue weighted by Crippen LogP contribution is -2.13. The first-order valence-corrected chi connectivity index (χ1v) is 5.16. The van der Waals surface area contributed by atoms with E-state index in [4.69, 9.17) is 15.2 Å². The van der Waals surface area contributed by atoms with Crippen LogP contribution in [-0.4, -0.2) is 20.9 Å². The van der Waals surface area contributed by atoms with Crippen LogP contribution < -0.4 is 15.2 Å². The SMILES string of the molecule is COc1cc(Br)c([C@H](N)CF)cc1OC.Cl. The summed E-state index contributed by atoms with van der Waals surface area (Å²) in [6.45, 7) is -0.617. The maximum Gasteiger partial charge on any atom is 0.161 e. The third-order valence-corrected chi connectivity index (χ3v) is 2.76. The molecule has 0 saturated carbocycles. The monoisotopic (exact) mass is 313 g/mol. The van der Waals surface area contributed by atoms with Gasteiger partial charge in [0, 0.05) is 4.47 Å². The Hall–Kier alpha value is -0.520. The summed E-state index contributed by atoms with van der Waals surface area (Å²) >= 11 is 3.31. The number of rotatable bonds is 4. The van der Waals surface area contributed by atoms with E-state index in [0.717, 1.165) is 0 Å². The summed E-state index contributed by atoms with van der Waals surface area (Å²) in [5.41, 5.74) is 6.27. The molecule has 3 nitrogen and oxygen atoms in total. The van der Waals surface area contributed by atoms with Gasteiger partial charge in [0.05, 0.1) is 20.3 Å². The molecule has 1 aromatic rings. The molecule has 0 fully saturated rings. The molecule has 0 aromatic heterocycles. The van der Waals surface area contributed by atoms with Crippen molar-refractivity contribution >= 4 is 28.3 Å². The van der Waals surface area contributed by atoms with Gasteiger partial charge in [-0.3, -0.25) is 0 Å². The molecule has 0 spiro atoms. The van der Waals surface area contributed by atoms with Gasteiger partial charge in [-0.25, -0.2) is 4.39 Å². The Balaban J connectivity index is 0.00000225. The lowest BCUT2D eigenvalue weighted by atomic mass is 10.1. The van der Waals surface area contributed by atoms with E-state index < -0.39 is 12.7 Å². The minimum Gasteiger partial charge on any atom is -0.493 e. The highest BCUT2D eigenvalue weighted by molar-refractivity contribution is 9.10. The van der Waals surface area contributed by atoms with Crippen molar-refractivity contribution in [1.29, 1.82) is 0 Å². The second-order valence-corrected chi connectivity index (χ2v) is 3.84. The number of benzene rings is 1. The Morgan fingerprint density at radius 1 is 1.31 bits per heavy atom. The molecule has 0 aliphatic carbocycles. The first-order chi connectivity index (χ1) is 7.13. The maximum absolute atomic E-state index is 12.5. The van der Waals surface area contributed by atoms with E-state index in [-0.39, 0.29) is 12.4 Å². The zero-order valence-electron chi connectivity index (χ0n) is 9.00. The fourth-order valence-corrected chi connectivity index (χ4v) is 1.85. The van der Waals surface area contributed by atoms with E-state index in [1.807, 2.05) is 0 Å². The van der Waals surface area contributed by atoms with Crippen LogP contribution in [0.25, 0.3) is 0 Å². The molecule has 0 heterocycles. The van der Waals surface area contributed by atoms with Gasteiger partial charge >= 0.3 is 0 Å². The average Bonchev–Trinajstić information content (AvgIpc) is 2.27. The second kappa shape index (κ2) is 6.93. The second-order valence-electron chi connectivity index (χ2n) is 2.99. The van der Waals surface area contributed by atoms with Crippen LogP contribution in [0, 0.1) is 0 Å². The molecule has 0 radical (unpaired) electrons. The van der Waals surface area contributed by atoms with Crippen molar-refractivity contribution in [3.05, 3.63) is 22.2 Å². The topological polar surface area (TPSA) is 44.5 Å². The van der Waals surface area contributed by atoms with Gasteiger partial charge in [0.25, 0.3) is 0 Å². The summed E-state index contributed by atoms with van der Waals surface area (Å²) in [5, 5.41) is 0. The Labute approximate surface area is 109 Å². The molecule has 0 amide bonds. The molecule has 0 aliphatic heterocycles. The predicted molar refractivity (Wildman–Crippen MR) is 67.4 cm³/mol. The Morgan fingerprint density at radius 3 is 2.25 bits per heavy atom. The largest absolute Gasteiger partial charge is 0.493 e. The van der Waals surface area contributed by atoms with E-state index in [1.54, 1.807) is 19.2 Å². The molecule has 0 saturated heterocycles. The fourth-order valence-electron chi connectivity index (χ4n) is 1.24. The van der Waals surface area contributed by atoms with Gasteiger partial charge in [0.2, 0.25) is 0 Å². The molecule has 92 valence electrons. The quantitative estimate of drug-likeness (QED) is 0.929. The minimum absolute atomic E-state index is 0. The van der Waals surface area contributed by atoms with Crippen molar-refractivity contribution in [3.8, 4) is 11.5 Å². The lowest BCUT2D eigenvalue weighted by molar-refractivity contribution is 0.353. The molecular weight excluding hydrogens is 300 g/mol. The number of hydrogen-bond acceptors (Lipinski definition) is 3. The van der Waals surface area contributed by atoms with E-state index in [2.05, 4.69) is 15.9 Å². The van der Waals surface area contributed by atoms with Gasteiger partial charge in [0.15, 0.2) is 11.5 Å². The first-order valence-electron chi connectivity index (χ1n) is 4.37. The van der Waals surface area contributed by atoms with Crippen molar-refractivity contribution < 1.29 is 13.9 Å². The number of hydrogen-bond donors (Lipinski definition) is 1. The van der Waals surface area contributed by atoms with Crippen LogP contribution in [0.5, 0.6) is 11.5 Å². The van der Waals surface area contributed by atoms with Crippen LogP contribution in [0.2, 0.25) is 0 Å². The van der Waals surface area contributed by atoms with Crippen molar-refractivity contribution in [2.45, 2.75) is 6.04 Å². The Kier molecular flexibility index (Phi) is 6.71. The van der Waals surface area contributed by atoms with Crippen LogP contribution in [0.1, 0.15) is 11.6 Å².